The van der Waals surface area contributed by atoms with Gasteiger partial charge in [-0.1, -0.05) is 35.8 Å². The fraction of sp³-hybridized carbons (Fsp3) is 0.0833. The molecule has 0 aliphatic heterocycles. The minimum atomic E-state index is -0.195. The third-order valence-electron chi connectivity index (χ3n) is 2.36. The van der Waals surface area contributed by atoms with Gasteiger partial charge in [-0.2, -0.15) is 4.73 Å². The summed E-state index contributed by atoms with van der Waals surface area (Å²) in [5.74, 6) is 0. The summed E-state index contributed by atoms with van der Waals surface area (Å²) in [5.41, 5.74) is 1.60. The van der Waals surface area contributed by atoms with Crippen molar-refractivity contribution in [2.45, 2.75) is 6.61 Å². The normalized spacial score (nSPS) is 9.94. The molecule has 5 heteroatoms. The maximum Gasteiger partial charge on any atom is 0.304 e. The lowest BCUT2D eigenvalue weighted by atomic mass is 9.88. The fourth-order valence-corrected chi connectivity index (χ4v) is 1.40. The number of pyridine rings is 1. The SMILES string of the molecule is O=c1ccccn1OCc1ccc(BO)cc1. The first kappa shape index (κ1) is 11.5. The number of benzene rings is 1. The van der Waals surface area contributed by atoms with Gasteiger partial charge in [-0.25, -0.2) is 0 Å². The van der Waals surface area contributed by atoms with Crippen molar-refractivity contribution >= 4 is 12.9 Å². The number of aromatic nitrogens is 1. The molecule has 0 radical (unpaired) electrons. The monoisotopic (exact) mass is 229 g/mol. The van der Waals surface area contributed by atoms with Crippen LogP contribution in [0.2, 0.25) is 0 Å². The molecular formula is C12H12BNO3. The lowest BCUT2D eigenvalue weighted by Gasteiger charge is -2.07. The van der Waals surface area contributed by atoms with E-state index in [0.29, 0.717) is 6.61 Å². The fourth-order valence-electron chi connectivity index (χ4n) is 1.40. The predicted octanol–water partition coefficient (Wildman–Crippen LogP) is -0.554. The Morgan fingerprint density at radius 1 is 1.18 bits per heavy atom. The number of hydrogen-bond donors (Lipinski definition) is 1. The number of nitrogens with zero attached hydrogens (tertiary/aromatic N) is 1. The van der Waals surface area contributed by atoms with Crippen molar-refractivity contribution in [1.82, 2.24) is 4.73 Å². The molecule has 0 fully saturated rings. The molecule has 0 aliphatic carbocycles. The van der Waals surface area contributed by atoms with Gasteiger partial charge in [0.1, 0.15) is 6.61 Å². The Kier molecular flexibility index (Phi) is 3.62. The average Bonchev–Trinajstić information content (AvgIpc) is 2.38. The summed E-state index contributed by atoms with van der Waals surface area (Å²) in [7, 11) is 0.0271. The van der Waals surface area contributed by atoms with E-state index in [0.717, 1.165) is 11.0 Å². The van der Waals surface area contributed by atoms with Gasteiger partial charge >= 0.3 is 7.48 Å². The van der Waals surface area contributed by atoms with E-state index >= 15 is 0 Å². The van der Waals surface area contributed by atoms with Crippen LogP contribution in [0, 0.1) is 0 Å². The van der Waals surface area contributed by atoms with Gasteiger partial charge in [-0.3, -0.25) is 4.79 Å². The summed E-state index contributed by atoms with van der Waals surface area (Å²) >= 11 is 0. The molecule has 2 rings (SSSR count). The molecule has 0 saturated carbocycles. The molecule has 0 atom stereocenters. The van der Waals surface area contributed by atoms with E-state index < -0.39 is 0 Å². The summed E-state index contributed by atoms with van der Waals surface area (Å²) in [6, 6.07) is 12.2. The molecule has 0 unspecified atom stereocenters. The molecule has 4 nitrogen and oxygen atoms in total. The van der Waals surface area contributed by atoms with Crippen LogP contribution >= 0.6 is 0 Å². The molecule has 1 N–H and O–H groups in total. The molecule has 0 saturated heterocycles. The van der Waals surface area contributed by atoms with Gasteiger partial charge in [0.05, 0.1) is 0 Å². The zero-order valence-electron chi connectivity index (χ0n) is 9.24. The zero-order chi connectivity index (χ0) is 12.1. The van der Waals surface area contributed by atoms with Gasteiger partial charge in [0, 0.05) is 12.3 Å². The van der Waals surface area contributed by atoms with Gasteiger partial charge in [0.15, 0.2) is 0 Å². The maximum absolute atomic E-state index is 11.3. The van der Waals surface area contributed by atoms with E-state index in [-0.39, 0.29) is 13.0 Å². The Balaban J connectivity index is 2.02. The van der Waals surface area contributed by atoms with Crippen molar-refractivity contribution in [2.75, 3.05) is 0 Å². The molecule has 0 spiro atoms. The summed E-state index contributed by atoms with van der Waals surface area (Å²) in [5, 5.41) is 8.90. The van der Waals surface area contributed by atoms with Crippen molar-refractivity contribution in [2.24, 2.45) is 0 Å². The molecule has 1 aromatic heterocycles. The third kappa shape index (κ3) is 2.98. The number of rotatable bonds is 4. The van der Waals surface area contributed by atoms with Crippen LogP contribution in [0.3, 0.4) is 0 Å². The van der Waals surface area contributed by atoms with Crippen molar-refractivity contribution in [3.05, 3.63) is 64.6 Å². The standard InChI is InChI=1S/C12H12BNO3/c15-12-3-1-2-8-14(12)17-9-10-4-6-11(13-16)7-5-10/h1-8,13,16H,9H2. The second kappa shape index (κ2) is 5.36. The highest BCUT2D eigenvalue weighted by molar-refractivity contribution is 6.45. The van der Waals surface area contributed by atoms with Crippen LogP contribution in [0.25, 0.3) is 0 Å². The van der Waals surface area contributed by atoms with E-state index in [1.54, 1.807) is 18.3 Å². The first-order valence-corrected chi connectivity index (χ1v) is 5.29. The van der Waals surface area contributed by atoms with Crippen molar-refractivity contribution in [3.8, 4) is 0 Å². The van der Waals surface area contributed by atoms with E-state index in [4.69, 9.17) is 9.86 Å². The van der Waals surface area contributed by atoms with Gasteiger partial charge in [0.2, 0.25) is 0 Å². The van der Waals surface area contributed by atoms with Gasteiger partial charge in [0.25, 0.3) is 5.56 Å². The first-order valence-electron chi connectivity index (χ1n) is 5.29. The highest BCUT2D eigenvalue weighted by atomic mass is 16.7. The summed E-state index contributed by atoms with van der Waals surface area (Å²) in [6.45, 7) is 0.315. The molecule has 0 aliphatic rings. The van der Waals surface area contributed by atoms with E-state index in [1.807, 2.05) is 24.3 Å². The Bertz CT molecular complexity index is 536. The van der Waals surface area contributed by atoms with Gasteiger partial charge in [-0.15, -0.1) is 0 Å². The maximum atomic E-state index is 11.3. The molecule has 1 heterocycles. The molecule has 2 aromatic rings. The predicted molar refractivity (Wildman–Crippen MR) is 66.4 cm³/mol. The second-order valence-electron chi connectivity index (χ2n) is 3.61. The quantitative estimate of drug-likeness (QED) is 0.715. The third-order valence-corrected chi connectivity index (χ3v) is 2.36. The van der Waals surface area contributed by atoms with Gasteiger partial charge in [-0.05, 0) is 11.6 Å². The smallest absolute Gasteiger partial charge is 0.304 e. The highest BCUT2D eigenvalue weighted by Gasteiger charge is 1.97. The van der Waals surface area contributed by atoms with Crippen LogP contribution < -0.4 is 15.9 Å². The Labute approximate surface area is 99.3 Å². The van der Waals surface area contributed by atoms with Crippen LogP contribution in [-0.4, -0.2) is 17.2 Å². The minimum absolute atomic E-state index is 0.0271. The molecular weight excluding hydrogens is 217 g/mol. The van der Waals surface area contributed by atoms with E-state index in [9.17, 15) is 4.79 Å². The van der Waals surface area contributed by atoms with Crippen LogP contribution in [0.5, 0.6) is 0 Å². The summed E-state index contributed by atoms with van der Waals surface area (Å²) in [6.07, 6.45) is 1.57. The van der Waals surface area contributed by atoms with Crippen LogP contribution in [0.1, 0.15) is 5.56 Å². The molecule has 17 heavy (non-hydrogen) atoms. The molecule has 0 amide bonds. The largest absolute Gasteiger partial charge is 0.449 e. The summed E-state index contributed by atoms with van der Waals surface area (Å²) in [4.78, 5) is 16.7. The molecule has 0 bridgehead atoms. The Morgan fingerprint density at radius 2 is 1.94 bits per heavy atom. The first-order chi connectivity index (χ1) is 8.29. The van der Waals surface area contributed by atoms with E-state index in [1.165, 1.54) is 10.8 Å². The number of hydrogen-bond acceptors (Lipinski definition) is 3. The summed E-state index contributed by atoms with van der Waals surface area (Å²) < 4.78 is 1.19. The van der Waals surface area contributed by atoms with Crippen LogP contribution in [-0.2, 0) is 6.61 Å². The van der Waals surface area contributed by atoms with Crippen LogP contribution in [0.15, 0.2) is 53.5 Å². The van der Waals surface area contributed by atoms with Gasteiger partial charge < -0.3 is 9.86 Å². The lowest BCUT2D eigenvalue weighted by molar-refractivity contribution is 0.0891. The van der Waals surface area contributed by atoms with Crippen LogP contribution in [0.4, 0.5) is 0 Å². The van der Waals surface area contributed by atoms with Crippen molar-refractivity contribution in [1.29, 1.82) is 0 Å². The van der Waals surface area contributed by atoms with Crippen molar-refractivity contribution in [3.63, 3.8) is 0 Å². The zero-order valence-corrected chi connectivity index (χ0v) is 9.24. The highest BCUT2D eigenvalue weighted by Crippen LogP contribution is 1.97. The lowest BCUT2D eigenvalue weighted by Crippen LogP contribution is -2.25. The second-order valence-corrected chi connectivity index (χ2v) is 3.61. The molecule has 86 valence electrons. The Hall–Kier alpha value is -2.01. The minimum Gasteiger partial charge on any atom is -0.449 e. The topological polar surface area (TPSA) is 51.5 Å². The Morgan fingerprint density at radius 3 is 2.59 bits per heavy atom. The van der Waals surface area contributed by atoms with Crippen molar-refractivity contribution < 1.29 is 9.86 Å². The average molecular weight is 229 g/mol. The van der Waals surface area contributed by atoms with E-state index in [2.05, 4.69) is 0 Å². The molecule has 1 aromatic carbocycles.